The zero-order chi connectivity index (χ0) is 19.6. The maximum absolute atomic E-state index is 12.4. The van der Waals surface area contributed by atoms with Crippen LogP contribution in [-0.4, -0.2) is 31.4 Å². The summed E-state index contributed by atoms with van der Waals surface area (Å²) in [4.78, 5) is 27.4. The number of amides is 1. The number of primary sulfonamides is 1. The molecular formula is C18H17N3O5S. The number of benzene rings is 2. The number of carbonyl (C=O) groups is 2. The molecule has 9 heteroatoms. The molecule has 0 bridgehead atoms. The van der Waals surface area contributed by atoms with E-state index in [9.17, 15) is 18.0 Å². The summed E-state index contributed by atoms with van der Waals surface area (Å²) in [6.45, 7) is 1.42. The Bertz CT molecular complexity index is 1120. The topological polar surface area (TPSA) is 131 Å². The minimum Gasteiger partial charge on any atom is -0.449 e. The zero-order valence-corrected chi connectivity index (χ0v) is 15.1. The largest absolute Gasteiger partial charge is 0.449 e. The monoisotopic (exact) mass is 387 g/mol. The highest BCUT2D eigenvalue weighted by Crippen LogP contribution is 2.19. The molecule has 0 saturated carbocycles. The van der Waals surface area contributed by atoms with Gasteiger partial charge in [0.25, 0.3) is 5.91 Å². The van der Waals surface area contributed by atoms with Gasteiger partial charge in [0.15, 0.2) is 6.10 Å². The molecule has 1 amide bonds. The van der Waals surface area contributed by atoms with E-state index < -0.39 is 28.0 Å². The number of carbonyl (C=O) groups excluding carboxylic acids is 2. The number of aromatic nitrogens is 1. The van der Waals surface area contributed by atoms with E-state index in [4.69, 9.17) is 9.88 Å². The summed E-state index contributed by atoms with van der Waals surface area (Å²) < 4.78 is 28.0. The summed E-state index contributed by atoms with van der Waals surface area (Å²) in [6.07, 6.45) is 0.428. The Hall–Kier alpha value is -3.17. The molecule has 0 unspecified atom stereocenters. The smallest absolute Gasteiger partial charge is 0.341 e. The van der Waals surface area contributed by atoms with Crippen molar-refractivity contribution in [2.45, 2.75) is 17.9 Å². The van der Waals surface area contributed by atoms with Crippen LogP contribution in [0.25, 0.3) is 10.9 Å². The maximum atomic E-state index is 12.4. The van der Waals surface area contributed by atoms with Gasteiger partial charge in [0, 0.05) is 22.8 Å². The average molecular weight is 387 g/mol. The number of ether oxygens (including phenoxy) is 1. The van der Waals surface area contributed by atoms with Gasteiger partial charge < -0.3 is 15.0 Å². The van der Waals surface area contributed by atoms with Crippen LogP contribution in [-0.2, 0) is 19.6 Å². The van der Waals surface area contributed by atoms with Crippen LogP contribution >= 0.6 is 0 Å². The molecule has 3 aromatic rings. The Labute approximate surface area is 155 Å². The number of nitrogens with one attached hydrogen (secondary N) is 2. The van der Waals surface area contributed by atoms with Crippen LogP contribution in [0.1, 0.15) is 17.3 Å². The number of esters is 1. The summed E-state index contributed by atoms with van der Waals surface area (Å²) in [7, 11) is -3.89. The first-order valence-corrected chi connectivity index (χ1v) is 9.51. The third-order valence-corrected chi connectivity index (χ3v) is 4.80. The van der Waals surface area contributed by atoms with Crippen molar-refractivity contribution in [3.63, 3.8) is 0 Å². The molecule has 2 aromatic carbocycles. The van der Waals surface area contributed by atoms with E-state index >= 15 is 0 Å². The van der Waals surface area contributed by atoms with E-state index in [1.807, 2.05) is 12.1 Å². The molecule has 0 radical (unpaired) electrons. The van der Waals surface area contributed by atoms with Crippen molar-refractivity contribution in [1.29, 1.82) is 0 Å². The fourth-order valence-corrected chi connectivity index (χ4v) is 3.07. The van der Waals surface area contributed by atoms with Gasteiger partial charge in [-0.2, -0.15) is 0 Å². The van der Waals surface area contributed by atoms with Crippen molar-refractivity contribution in [1.82, 2.24) is 4.98 Å². The number of hydrogen-bond donors (Lipinski definition) is 3. The van der Waals surface area contributed by atoms with Crippen LogP contribution in [0.2, 0.25) is 0 Å². The van der Waals surface area contributed by atoms with Crippen LogP contribution in [0.4, 0.5) is 5.69 Å². The van der Waals surface area contributed by atoms with Crippen molar-refractivity contribution >= 4 is 38.5 Å². The number of hydrogen-bond acceptors (Lipinski definition) is 5. The highest BCUT2D eigenvalue weighted by atomic mass is 32.2. The van der Waals surface area contributed by atoms with Gasteiger partial charge in [0.1, 0.15) is 0 Å². The highest BCUT2D eigenvalue weighted by Gasteiger charge is 2.21. The Morgan fingerprint density at radius 2 is 1.89 bits per heavy atom. The standard InChI is InChI=1S/C18H17N3O5S/c1-11(17(22)21-12-5-4-6-13(9-12)27(19,24)25)26-18(23)15-10-20-16-8-3-2-7-14(15)16/h2-11,20H,1H3,(H,21,22)(H2,19,24,25)/t11-/m0/s1. The third-order valence-electron chi connectivity index (χ3n) is 3.89. The third kappa shape index (κ3) is 4.15. The molecule has 0 fully saturated rings. The van der Waals surface area contributed by atoms with Gasteiger partial charge in [-0.1, -0.05) is 24.3 Å². The molecule has 0 saturated heterocycles. The van der Waals surface area contributed by atoms with E-state index in [-0.39, 0.29) is 10.6 Å². The molecule has 8 nitrogen and oxygen atoms in total. The van der Waals surface area contributed by atoms with Crippen molar-refractivity contribution in [3.05, 3.63) is 60.3 Å². The second kappa shape index (κ2) is 7.22. The molecule has 140 valence electrons. The van der Waals surface area contributed by atoms with Crippen molar-refractivity contribution < 1.29 is 22.7 Å². The summed E-state index contributed by atoms with van der Waals surface area (Å²) in [5.41, 5.74) is 1.32. The van der Waals surface area contributed by atoms with Gasteiger partial charge in [-0.3, -0.25) is 4.79 Å². The average Bonchev–Trinajstić information content (AvgIpc) is 3.05. The lowest BCUT2D eigenvalue weighted by molar-refractivity contribution is -0.123. The Kier molecular flexibility index (Phi) is 4.98. The summed E-state index contributed by atoms with van der Waals surface area (Å²) >= 11 is 0. The fraction of sp³-hybridized carbons (Fsp3) is 0.111. The molecule has 1 aromatic heterocycles. The first-order valence-electron chi connectivity index (χ1n) is 7.96. The predicted octanol–water partition coefficient (Wildman–Crippen LogP) is 2.00. The lowest BCUT2D eigenvalue weighted by Gasteiger charge is -2.13. The highest BCUT2D eigenvalue weighted by molar-refractivity contribution is 7.89. The van der Waals surface area contributed by atoms with Crippen molar-refractivity contribution in [2.24, 2.45) is 5.14 Å². The molecule has 0 spiro atoms. The number of H-pyrrole nitrogens is 1. The quantitative estimate of drug-likeness (QED) is 0.576. The summed E-state index contributed by atoms with van der Waals surface area (Å²) in [5, 5.41) is 8.26. The second-order valence-corrected chi connectivity index (χ2v) is 7.42. The number of aromatic amines is 1. The lowest BCUT2D eigenvalue weighted by Crippen LogP contribution is -2.30. The number of fused-ring (bicyclic) bond motifs is 1. The molecule has 4 N–H and O–H groups in total. The lowest BCUT2D eigenvalue weighted by atomic mass is 10.2. The predicted molar refractivity (Wildman–Crippen MR) is 99.6 cm³/mol. The number of rotatable bonds is 5. The minimum atomic E-state index is -3.89. The molecule has 27 heavy (non-hydrogen) atoms. The van der Waals surface area contributed by atoms with Gasteiger partial charge in [0.05, 0.1) is 10.5 Å². The zero-order valence-electron chi connectivity index (χ0n) is 14.3. The van der Waals surface area contributed by atoms with E-state index in [1.54, 1.807) is 12.1 Å². The van der Waals surface area contributed by atoms with Crippen LogP contribution in [0.3, 0.4) is 0 Å². The van der Waals surface area contributed by atoms with Crippen molar-refractivity contribution in [3.8, 4) is 0 Å². The number of nitrogens with two attached hydrogens (primary N) is 1. The van der Waals surface area contributed by atoms with Gasteiger partial charge in [-0.05, 0) is 31.2 Å². The summed E-state index contributed by atoms with van der Waals surface area (Å²) in [6, 6.07) is 12.7. The van der Waals surface area contributed by atoms with Crippen LogP contribution in [0, 0.1) is 0 Å². The Morgan fingerprint density at radius 3 is 2.63 bits per heavy atom. The Balaban J connectivity index is 1.70. The normalized spacial score (nSPS) is 12.5. The van der Waals surface area contributed by atoms with Gasteiger partial charge in [-0.15, -0.1) is 0 Å². The fourth-order valence-electron chi connectivity index (χ4n) is 2.51. The molecule has 0 aliphatic rings. The molecular weight excluding hydrogens is 370 g/mol. The van der Waals surface area contributed by atoms with E-state index in [1.165, 1.54) is 37.4 Å². The number of sulfonamides is 1. The van der Waals surface area contributed by atoms with E-state index in [0.717, 1.165) is 5.52 Å². The minimum absolute atomic E-state index is 0.135. The molecule has 3 rings (SSSR count). The van der Waals surface area contributed by atoms with Crippen LogP contribution < -0.4 is 10.5 Å². The first kappa shape index (κ1) is 18.6. The first-order chi connectivity index (χ1) is 12.8. The maximum Gasteiger partial charge on any atom is 0.341 e. The molecule has 0 aliphatic carbocycles. The van der Waals surface area contributed by atoms with Gasteiger partial charge in [0.2, 0.25) is 10.0 Å². The molecule has 1 heterocycles. The molecule has 0 aliphatic heterocycles. The summed E-state index contributed by atoms with van der Waals surface area (Å²) in [5.74, 6) is -1.25. The van der Waals surface area contributed by atoms with E-state index in [2.05, 4.69) is 10.3 Å². The van der Waals surface area contributed by atoms with Crippen LogP contribution in [0.15, 0.2) is 59.6 Å². The SMILES string of the molecule is C[C@H](OC(=O)c1c[nH]c2ccccc12)C(=O)Nc1cccc(S(N)(=O)=O)c1. The van der Waals surface area contributed by atoms with E-state index in [0.29, 0.717) is 10.9 Å². The number of anilines is 1. The van der Waals surface area contributed by atoms with Crippen LogP contribution in [0.5, 0.6) is 0 Å². The molecule has 1 atom stereocenters. The Morgan fingerprint density at radius 1 is 1.15 bits per heavy atom. The van der Waals surface area contributed by atoms with Gasteiger partial charge >= 0.3 is 5.97 Å². The van der Waals surface area contributed by atoms with Gasteiger partial charge in [-0.25, -0.2) is 18.4 Å². The number of para-hydroxylation sites is 1. The van der Waals surface area contributed by atoms with Crippen molar-refractivity contribution in [2.75, 3.05) is 5.32 Å². The second-order valence-electron chi connectivity index (χ2n) is 5.86.